The fourth-order valence-electron chi connectivity index (χ4n) is 1.40. The van der Waals surface area contributed by atoms with Gasteiger partial charge in [0.15, 0.2) is 0 Å². The summed E-state index contributed by atoms with van der Waals surface area (Å²) in [6, 6.07) is 5.20. The van der Waals surface area contributed by atoms with Gasteiger partial charge in [-0.05, 0) is 26.0 Å². The fourth-order valence-corrected chi connectivity index (χ4v) is 2.55. The lowest BCUT2D eigenvalue weighted by Gasteiger charge is -2.31. The number of rotatable bonds is 0. The molecule has 0 saturated heterocycles. The number of anilines is 1. The van der Waals surface area contributed by atoms with Gasteiger partial charge in [0, 0.05) is 16.2 Å². The second-order valence-electron chi connectivity index (χ2n) is 3.83. The SMILES string of the molecule is CC1(C)CNc2c(F)cccc2S1. The van der Waals surface area contributed by atoms with Gasteiger partial charge in [-0.3, -0.25) is 0 Å². The van der Waals surface area contributed by atoms with E-state index < -0.39 is 0 Å². The van der Waals surface area contributed by atoms with E-state index in [-0.39, 0.29) is 10.6 Å². The molecule has 2 rings (SSSR count). The lowest BCUT2D eigenvalue weighted by molar-refractivity contribution is 0.621. The third-order valence-corrected chi connectivity index (χ3v) is 3.31. The molecule has 70 valence electrons. The Morgan fingerprint density at radius 1 is 1.46 bits per heavy atom. The molecule has 0 amide bonds. The van der Waals surface area contributed by atoms with Gasteiger partial charge in [-0.25, -0.2) is 4.39 Å². The first kappa shape index (κ1) is 8.88. The maximum absolute atomic E-state index is 13.2. The Bertz CT molecular complexity index is 336. The highest BCUT2D eigenvalue weighted by Crippen LogP contribution is 2.41. The van der Waals surface area contributed by atoms with Crippen LogP contribution < -0.4 is 5.32 Å². The Hall–Kier alpha value is -0.700. The number of halogens is 1. The summed E-state index contributed by atoms with van der Waals surface area (Å²) in [4.78, 5) is 1.01. The van der Waals surface area contributed by atoms with Crippen LogP contribution in [0.15, 0.2) is 23.1 Å². The number of para-hydroxylation sites is 1. The van der Waals surface area contributed by atoms with E-state index in [0.717, 1.165) is 11.4 Å². The predicted molar refractivity (Wildman–Crippen MR) is 54.8 cm³/mol. The van der Waals surface area contributed by atoms with Crippen molar-refractivity contribution in [3.8, 4) is 0 Å². The van der Waals surface area contributed by atoms with Crippen LogP contribution in [-0.2, 0) is 0 Å². The van der Waals surface area contributed by atoms with E-state index in [1.54, 1.807) is 17.8 Å². The molecule has 0 unspecified atom stereocenters. The van der Waals surface area contributed by atoms with Crippen LogP contribution in [0.5, 0.6) is 0 Å². The summed E-state index contributed by atoms with van der Waals surface area (Å²) in [6.07, 6.45) is 0. The molecular formula is C10H12FNS. The van der Waals surface area contributed by atoms with E-state index in [4.69, 9.17) is 0 Å². The molecule has 1 aromatic carbocycles. The maximum atomic E-state index is 13.2. The van der Waals surface area contributed by atoms with Gasteiger partial charge in [0.05, 0.1) is 5.69 Å². The molecule has 0 saturated carbocycles. The predicted octanol–water partition coefficient (Wildman–Crippen LogP) is 3.12. The zero-order chi connectivity index (χ0) is 9.47. The number of nitrogens with one attached hydrogen (secondary N) is 1. The minimum Gasteiger partial charge on any atom is -0.380 e. The molecule has 13 heavy (non-hydrogen) atoms. The number of hydrogen-bond donors (Lipinski definition) is 1. The molecule has 1 aliphatic heterocycles. The number of fused-ring (bicyclic) bond motifs is 1. The van der Waals surface area contributed by atoms with E-state index in [0.29, 0.717) is 5.69 Å². The molecule has 0 fully saturated rings. The Morgan fingerprint density at radius 3 is 3.00 bits per heavy atom. The van der Waals surface area contributed by atoms with Crippen molar-refractivity contribution in [2.75, 3.05) is 11.9 Å². The molecule has 0 spiro atoms. The molecule has 3 heteroatoms. The van der Waals surface area contributed by atoms with Crippen molar-refractivity contribution in [3.05, 3.63) is 24.0 Å². The second-order valence-corrected chi connectivity index (χ2v) is 5.58. The molecule has 1 aliphatic rings. The number of benzene rings is 1. The van der Waals surface area contributed by atoms with Crippen LogP contribution in [-0.4, -0.2) is 11.3 Å². The summed E-state index contributed by atoms with van der Waals surface area (Å²) < 4.78 is 13.4. The van der Waals surface area contributed by atoms with Crippen LogP contribution in [0.25, 0.3) is 0 Å². The Labute approximate surface area is 81.7 Å². The molecule has 0 bridgehead atoms. The van der Waals surface area contributed by atoms with E-state index >= 15 is 0 Å². The molecule has 0 atom stereocenters. The van der Waals surface area contributed by atoms with Crippen molar-refractivity contribution in [2.45, 2.75) is 23.5 Å². The third kappa shape index (κ3) is 1.66. The molecule has 1 nitrogen and oxygen atoms in total. The van der Waals surface area contributed by atoms with Crippen LogP contribution in [0, 0.1) is 5.82 Å². The third-order valence-electron chi connectivity index (χ3n) is 2.05. The fraction of sp³-hybridized carbons (Fsp3) is 0.400. The zero-order valence-corrected chi connectivity index (χ0v) is 8.54. The largest absolute Gasteiger partial charge is 0.380 e. The summed E-state index contributed by atoms with van der Waals surface area (Å²) in [6.45, 7) is 5.11. The number of hydrogen-bond acceptors (Lipinski definition) is 2. The summed E-state index contributed by atoms with van der Waals surface area (Å²) in [7, 11) is 0. The Balaban J connectivity index is 2.42. The first-order chi connectivity index (χ1) is 6.08. The molecule has 0 radical (unpaired) electrons. The summed E-state index contributed by atoms with van der Waals surface area (Å²) in [5.74, 6) is -0.152. The van der Waals surface area contributed by atoms with Crippen LogP contribution in [0.3, 0.4) is 0 Å². The Morgan fingerprint density at radius 2 is 2.23 bits per heavy atom. The Kier molecular flexibility index (Phi) is 1.99. The van der Waals surface area contributed by atoms with Crippen LogP contribution in [0.1, 0.15) is 13.8 Å². The quantitative estimate of drug-likeness (QED) is 0.685. The highest BCUT2D eigenvalue weighted by atomic mass is 32.2. The van der Waals surface area contributed by atoms with E-state index in [1.807, 2.05) is 6.07 Å². The molecular weight excluding hydrogens is 185 g/mol. The van der Waals surface area contributed by atoms with E-state index in [1.165, 1.54) is 6.07 Å². The smallest absolute Gasteiger partial charge is 0.147 e. The summed E-state index contributed by atoms with van der Waals surface area (Å²) in [5.41, 5.74) is 0.659. The van der Waals surface area contributed by atoms with Crippen LogP contribution in [0.2, 0.25) is 0 Å². The second kappa shape index (κ2) is 2.91. The van der Waals surface area contributed by atoms with Gasteiger partial charge in [0.2, 0.25) is 0 Å². The van der Waals surface area contributed by atoms with Gasteiger partial charge >= 0.3 is 0 Å². The maximum Gasteiger partial charge on any atom is 0.147 e. The molecule has 0 aliphatic carbocycles. The monoisotopic (exact) mass is 197 g/mol. The van der Waals surface area contributed by atoms with Crippen molar-refractivity contribution in [1.82, 2.24) is 0 Å². The van der Waals surface area contributed by atoms with Crippen molar-refractivity contribution in [3.63, 3.8) is 0 Å². The molecule has 0 aromatic heterocycles. The molecule has 1 aromatic rings. The van der Waals surface area contributed by atoms with Gasteiger partial charge in [-0.1, -0.05) is 6.07 Å². The van der Waals surface area contributed by atoms with Crippen molar-refractivity contribution in [1.29, 1.82) is 0 Å². The minimum absolute atomic E-state index is 0.152. The standard InChI is InChI=1S/C10H12FNS/c1-10(2)6-12-9-7(11)4-3-5-8(9)13-10/h3-5,12H,6H2,1-2H3. The average molecular weight is 197 g/mol. The highest BCUT2D eigenvalue weighted by molar-refractivity contribution is 8.00. The summed E-state index contributed by atoms with van der Waals surface area (Å²) in [5, 5.41) is 3.13. The average Bonchev–Trinajstić information content (AvgIpc) is 2.02. The van der Waals surface area contributed by atoms with Crippen LogP contribution >= 0.6 is 11.8 Å². The highest BCUT2D eigenvalue weighted by Gasteiger charge is 2.26. The van der Waals surface area contributed by atoms with Gasteiger partial charge in [0.1, 0.15) is 5.82 Å². The van der Waals surface area contributed by atoms with E-state index in [9.17, 15) is 4.39 Å². The van der Waals surface area contributed by atoms with E-state index in [2.05, 4.69) is 19.2 Å². The minimum atomic E-state index is -0.152. The topological polar surface area (TPSA) is 12.0 Å². The lowest BCUT2D eigenvalue weighted by atomic mass is 10.2. The summed E-state index contributed by atoms with van der Waals surface area (Å²) >= 11 is 1.73. The number of thioether (sulfide) groups is 1. The van der Waals surface area contributed by atoms with Crippen LogP contribution in [0.4, 0.5) is 10.1 Å². The normalized spacial score (nSPS) is 19.0. The van der Waals surface area contributed by atoms with Gasteiger partial charge in [-0.15, -0.1) is 11.8 Å². The van der Waals surface area contributed by atoms with Crippen molar-refractivity contribution < 1.29 is 4.39 Å². The molecule has 1 heterocycles. The van der Waals surface area contributed by atoms with Gasteiger partial charge in [0.25, 0.3) is 0 Å². The molecule has 1 N–H and O–H groups in total. The lowest BCUT2D eigenvalue weighted by Crippen LogP contribution is -2.30. The first-order valence-electron chi connectivity index (χ1n) is 4.30. The van der Waals surface area contributed by atoms with Gasteiger partial charge in [-0.2, -0.15) is 0 Å². The van der Waals surface area contributed by atoms with Crippen molar-refractivity contribution >= 4 is 17.4 Å². The first-order valence-corrected chi connectivity index (χ1v) is 5.11. The van der Waals surface area contributed by atoms with Crippen molar-refractivity contribution in [2.24, 2.45) is 0 Å². The van der Waals surface area contributed by atoms with Gasteiger partial charge < -0.3 is 5.32 Å². The zero-order valence-electron chi connectivity index (χ0n) is 7.73.